The lowest BCUT2D eigenvalue weighted by molar-refractivity contribution is 1.63. The predicted molar refractivity (Wildman–Crippen MR) is 206 cm³/mol. The molecule has 1 heterocycles. The van der Waals surface area contributed by atoms with Gasteiger partial charge in [0, 0.05) is 20.2 Å². The third-order valence-electron chi connectivity index (χ3n) is 9.85. The Kier molecular flexibility index (Phi) is 5.85. The van der Waals surface area contributed by atoms with Crippen molar-refractivity contribution in [2.24, 2.45) is 0 Å². The van der Waals surface area contributed by atoms with Gasteiger partial charge in [0.15, 0.2) is 0 Å². The van der Waals surface area contributed by atoms with Crippen LogP contribution >= 0.6 is 11.3 Å². The summed E-state index contributed by atoms with van der Waals surface area (Å²) in [6.45, 7) is 0. The second kappa shape index (κ2) is 10.4. The molecular formula is C46H28S. The van der Waals surface area contributed by atoms with Gasteiger partial charge in [0.05, 0.1) is 0 Å². The minimum Gasteiger partial charge on any atom is -0.135 e. The molecule has 218 valence electrons. The predicted octanol–water partition coefficient (Wildman–Crippen LogP) is 13.7. The molecule has 0 unspecified atom stereocenters. The molecule has 0 radical (unpaired) electrons. The summed E-state index contributed by atoms with van der Waals surface area (Å²) in [5, 5.41) is 12.9. The van der Waals surface area contributed by atoms with Crippen molar-refractivity contribution in [3.8, 4) is 33.4 Å². The van der Waals surface area contributed by atoms with E-state index in [1.807, 2.05) is 11.3 Å². The summed E-state index contributed by atoms with van der Waals surface area (Å²) in [5.41, 5.74) is 7.58. The Morgan fingerprint density at radius 2 is 0.851 bits per heavy atom. The van der Waals surface area contributed by atoms with E-state index in [1.165, 1.54) is 96.6 Å². The quantitative estimate of drug-likeness (QED) is 0.138. The fraction of sp³-hybridized carbons (Fsp3) is 0. The molecule has 0 bridgehead atoms. The third-order valence-corrected chi connectivity index (χ3v) is 11.0. The number of benzene rings is 9. The molecule has 1 heteroatoms. The van der Waals surface area contributed by atoms with Crippen molar-refractivity contribution in [3.63, 3.8) is 0 Å². The highest BCUT2D eigenvalue weighted by Gasteiger charge is 2.18. The molecule has 0 atom stereocenters. The Balaban J connectivity index is 1.23. The van der Waals surface area contributed by atoms with Crippen molar-refractivity contribution in [2.45, 2.75) is 0 Å². The first kappa shape index (κ1) is 26.5. The van der Waals surface area contributed by atoms with Gasteiger partial charge in [-0.2, -0.15) is 0 Å². The summed E-state index contributed by atoms with van der Waals surface area (Å²) in [7, 11) is 0. The molecule has 0 spiro atoms. The van der Waals surface area contributed by atoms with Gasteiger partial charge < -0.3 is 0 Å². The summed E-state index contributed by atoms with van der Waals surface area (Å²) in [5.74, 6) is 0. The molecule has 10 aromatic rings. The Labute approximate surface area is 276 Å². The second-order valence-corrected chi connectivity index (χ2v) is 13.5. The van der Waals surface area contributed by atoms with Crippen LogP contribution in [-0.2, 0) is 0 Å². The lowest BCUT2D eigenvalue weighted by atomic mass is 9.84. The van der Waals surface area contributed by atoms with Crippen molar-refractivity contribution in [3.05, 3.63) is 170 Å². The van der Waals surface area contributed by atoms with E-state index in [2.05, 4.69) is 170 Å². The number of rotatable bonds is 3. The van der Waals surface area contributed by atoms with E-state index in [9.17, 15) is 0 Å². The zero-order valence-electron chi connectivity index (χ0n) is 25.6. The third kappa shape index (κ3) is 4.07. The summed E-state index contributed by atoms with van der Waals surface area (Å²) in [4.78, 5) is 0. The van der Waals surface area contributed by atoms with Gasteiger partial charge in [-0.3, -0.25) is 0 Å². The average Bonchev–Trinajstić information content (AvgIpc) is 3.51. The molecular weight excluding hydrogens is 585 g/mol. The van der Waals surface area contributed by atoms with Gasteiger partial charge in [-0.1, -0.05) is 146 Å². The smallest absolute Gasteiger partial charge is 0.0355 e. The minimum absolute atomic E-state index is 1.23. The molecule has 0 saturated heterocycles. The maximum absolute atomic E-state index is 2.38. The first-order valence-corrected chi connectivity index (χ1v) is 17.0. The van der Waals surface area contributed by atoms with Gasteiger partial charge in [0.2, 0.25) is 0 Å². The van der Waals surface area contributed by atoms with Crippen LogP contribution in [0.3, 0.4) is 0 Å². The Morgan fingerprint density at radius 3 is 1.64 bits per heavy atom. The SMILES string of the molecule is c1cc(-c2ccc3sc4ccccc4c3c2)cc(-c2c3ccccc3c(-c3cccc4c3ccc3ccccc34)c3ccccc23)c1. The van der Waals surface area contributed by atoms with Gasteiger partial charge in [-0.25, -0.2) is 0 Å². The summed E-state index contributed by atoms with van der Waals surface area (Å²) in [6.07, 6.45) is 0. The lowest BCUT2D eigenvalue weighted by Crippen LogP contribution is -1.92. The van der Waals surface area contributed by atoms with E-state index in [0.29, 0.717) is 0 Å². The zero-order chi connectivity index (χ0) is 30.9. The Morgan fingerprint density at radius 1 is 0.277 bits per heavy atom. The molecule has 10 rings (SSSR count). The first-order valence-electron chi connectivity index (χ1n) is 16.2. The van der Waals surface area contributed by atoms with Crippen molar-refractivity contribution < 1.29 is 0 Å². The van der Waals surface area contributed by atoms with Crippen LogP contribution in [0.15, 0.2) is 170 Å². The van der Waals surface area contributed by atoms with Gasteiger partial charge in [0.1, 0.15) is 0 Å². The maximum Gasteiger partial charge on any atom is 0.0355 e. The number of hydrogen-bond donors (Lipinski definition) is 0. The average molecular weight is 613 g/mol. The van der Waals surface area contributed by atoms with E-state index < -0.39 is 0 Å². The normalized spacial score (nSPS) is 11.8. The monoisotopic (exact) mass is 612 g/mol. The van der Waals surface area contributed by atoms with E-state index in [1.54, 1.807) is 0 Å². The standard InChI is InChI=1S/C46H28S/c1-2-14-33-29(11-1)23-25-35-34(33)20-10-21-37(35)46-40-18-5-3-16-38(40)45(39-17-4-6-19-41(39)46)32-13-9-12-30(27-32)31-24-26-44-42(28-31)36-15-7-8-22-43(36)47-44/h1-28H. The number of thiophene rings is 1. The van der Waals surface area contributed by atoms with Gasteiger partial charge >= 0.3 is 0 Å². The second-order valence-electron chi connectivity index (χ2n) is 12.4. The van der Waals surface area contributed by atoms with Crippen LogP contribution in [0.5, 0.6) is 0 Å². The molecule has 0 N–H and O–H groups in total. The molecule has 0 aliphatic heterocycles. The van der Waals surface area contributed by atoms with Crippen LogP contribution < -0.4 is 0 Å². The van der Waals surface area contributed by atoms with E-state index >= 15 is 0 Å². The van der Waals surface area contributed by atoms with Gasteiger partial charge in [0.25, 0.3) is 0 Å². The van der Waals surface area contributed by atoms with Crippen molar-refractivity contribution in [2.75, 3.05) is 0 Å². The first-order chi connectivity index (χ1) is 23.3. The number of hydrogen-bond acceptors (Lipinski definition) is 1. The molecule has 0 saturated carbocycles. The minimum atomic E-state index is 1.23. The van der Waals surface area contributed by atoms with Crippen molar-refractivity contribution in [1.82, 2.24) is 0 Å². The highest BCUT2D eigenvalue weighted by molar-refractivity contribution is 7.25. The van der Waals surface area contributed by atoms with Crippen LogP contribution in [0.1, 0.15) is 0 Å². The summed E-state index contributed by atoms with van der Waals surface area (Å²) in [6, 6.07) is 62.8. The molecule has 0 aliphatic carbocycles. The Bertz CT molecular complexity index is 2800. The molecule has 0 fully saturated rings. The largest absolute Gasteiger partial charge is 0.135 e. The van der Waals surface area contributed by atoms with Gasteiger partial charge in [-0.15, -0.1) is 11.3 Å². The Hall–Kier alpha value is -5.76. The van der Waals surface area contributed by atoms with Crippen molar-refractivity contribution >= 4 is 74.6 Å². The molecule has 0 nitrogen and oxygen atoms in total. The van der Waals surface area contributed by atoms with E-state index in [0.717, 1.165) is 0 Å². The fourth-order valence-corrected chi connectivity index (χ4v) is 8.83. The molecule has 0 aliphatic rings. The van der Waals surface area contributed by atoms with E-state index in [4.69, 9.17) is 0 Å². The molecule has 1 aromatic heterocycles. The lowest BCUT2D eigenvalue weighted by Gasteiger charge is -2.19. The maximum atomic E-state index is 2.38. The molecule has 47 heavy (non-hydrogen) atoms. The van der Waals surface area contributed by atoms with Crippen molar-refractivity contribution in [1.29, 1.82) is 0 Å². The topological polar surface area (TPSA) is 0 Å². The number of fused-ring (bicyclic) bond motifs is 8. The fourth-order valence-electron chi connectivity index (χ4n) is 7.75. The van der Waals surface area contributed by atoms with Crippen LogP contribution in [-0.4, -0.2) is 0 Å². The molecule has 0 amide bonds. The van der Waals surface area contributed by atoms with Crippen LogP contribution in [0.4, 0.5) is 0 Å². The molecule has 9 aromatic carbocycles. The highest BCUT2D eigenvalue weighted by Crippen LogP contribution is 2.46. The highest BCUT2D eigenvalue weighted by atomic mass is 32.1. The van der Waals surface area contributed by atoms with Gasteiger partial charge in [-0.05, 0) is 101 Å². The summed E-state index contributed by atoms with van der Waals surface area (Å²) >= 11 is 1.87. The zero-order valence-corrected chi connectivity index (χ0v) is 26.4. The van der Waals surface area contributed by atoms with Crippen LogP contribution in [0.25, 0.3) is 96.6 Å². The van der Waals surface area contributed by atoms with Crippen LogP contribution in [0, 0.1) is 0 Å². The van der Waals surface area contributed by atoms with E-state index in [-0.39, 0.29) is 0 Å². The summed E-state index contributed by atoms with van der Waals surface area (Å²) < 4.78 is 2.67. The van der Waals surface area contributed by atoms with Crippen LogP contribution in [0.2, 0.25) is 0 Å².